The molecule has 94 valence electrons. The third-order valence-corrected chi connectivity index (χ3v) is 2.88. The molecule has 1 aromatic rings. The number of hydrogen-bond acceptors (Lipinski definition) is 4. The van der Waals surface area contributed by atoms with E-state index in [9.17, 15) is 4.79 Å². The van der Waals surface area contributed by atoms with Crippen LogP contribution in [-0.2, 0) is 4.79 Å². The lowest BCUT2D eigenvalue weighted by molar-refractivity contribution is -0.122. The van der Waals surface area contributed by atoms with E-state index in [1.807, 2.05) is 13.8 Å². The van der Waals surface area contributed by atoms with E-state index in [1.54, 1.807) is 24.5 Å². The lowest BCUT2D eigenvalue weighted by Gasteiger charge is -2.12. The fourth-order valence-corrected chi connectivity index (χ4v) is 1.76. The van der Waals surface area contributed by atoms with Crippen LogP contribution in [0.25, 0.3) is 0 Å². The van der Waals surface area contributed by atoms with Crippen LogP contribution in [0.4, 0.5) is 0 Å². The monoisotopic (exact) mass is 285 g/mol. The van der Waals surface area contributed by atoms with Crippen molar-refractivity contribution in [3.05, 3.63) is 16.1 Å². The normalized spacial score (nSPS) is 13.0. The Labute approximate surface area is 112 Å². The lowest BCUT2D eigenvalue weighted by atomic mass is 10.3. The van der Waals surface area contributed by atoms with E-state index in [1.165, 1.54) is 0 Å². The van der Waals surface area contributed by atoms with Gasteiger partial charge in [-0.2, -0.15) is 0 Å². The Morgan fingerprint density at radius 3 is 2.44 bits per heavy atom. The SMILES string of the molecule is Cc1cnc(C(C)NC(=O)[C@@H](C)N)s1.Cl.Cl. The number of aryl methyl sites for hydroxylation is 1. The van der Waals surface area contributed by atoms with Crippen LogP contribution in [0.2, 0.25) is 0 Å². The number of halogens is 2. The Balaban J connectivity index is 0. The largest absolute Gasteiger partial charge is 0.346 e. The fourth-order valence-electron chi connectivity index (χ4n) is 0.979. The molecule has 1 rings (SSSR count). The van der Waals surface area contributed by atoms with Gasteiger partial charge in [-0.05, 0) is 20.8 Å². The number of nitrogens with zero attached hydrogens (tertiary/aromatic N) is 1. The summed E-state index contributed by atoms with van der Waals surface area (Å²) in [5.74, 6) is -0.148. The van der Waals surface area contributed by atoms with Gasteiger partial charge in [0.2, 0.25) is 5.91 Å². The summed E-state index contributed by atoms with van der Waals surface area (Å²) < 4.78 is 0. The smallest absolute Gasteiger partial charge is 0.237 e. The van der Waals surface area contributed by atoms with Crippen molar-refractivity contribution in [2.24, 2.45) is 5.73 Å². The number of rotatable bonds is 3. The van der Waals surface area contributed by atoms with Gasteiger partial charge in [-0.25, -0.2) is 4.98 Å². The zero-order valence-corrected chi connectivity index (χ0v) is 11.8. The lowest BCUT2D eigenvalue weighted by Crippen LogP contribution is -2.39. The standard InChI is InChI=1S/C9H15N3OS.2ClH/c1-5-4-11-9(14-5)7(3)12-8(13)6(2)10;;/h4,6-7H,10H2,1-3H3,(H,12,13);2*1H/t6-,7?;;/m1../s1. The van der Waals surface area contributed by atoms with Crippen molar-refractivity contribution in [3.8, 4) is 0 Å². The molecule has 0 radical (unpaired) electrons. The first kappa shape index (κ1) is 18.0. The van der Waals surface area contributed by atoms with Crippen molar-refractivity contribution in [1.82, 2.24) is 10.3 Å². The number of carbonyl (C=O) groups excluding carboxylic acids is 1. The topological polar surface area (TPSA) is 68.0 Å². The third kappa shape index (κ3) is 5.12. The summed E-state index contributed by atoms with van der Waals surface area (Å²) in [4.78, 5) is 16.6. The van der Waals surface area contributed by atoms with Crippen LogP contribution in [0.5, 0.6) is 0 Å². The van der Waals surface area contributed by atoms with E-state index < -0.39 is 6.04 Å². The molecule has 7 heteroatoms. The summed E-state index contributed by atoms with van der Waals surface area (Å²) in [6.45, 7) is 5.55. The van der Waals surface area contributed by atoms with Gasteiger partial charge in [0.15, 0.2) is 0 Å². The van der Waals surface area contributed by atoms with Gasteiger partial charge >= 0.3 is 0 Å². The second-order valence-electron chi connectivity index (χ2n) is 3.33. The molecule has 1 amide bonds. The molecule has 0 saturated carbocycles. The number of carbonyl (C=O) groups is 1. The van der Waals surface area contributed by atoms with Crippen LogP contribution in [-0.4, -0.2) is 16.9 Å². The van der Waals surface area contributed by atoms with E-state index >= 15 is 0 Å². The summed E-state index contributed by atoms with van der Waals surface area (Å²) in [7, 11) is 0. The molecule has 0 bridgehead atoms. The zero-order valence-electron chi connectivity index (χ0n) is 9.39. The Hall–Kier alpha value is -0.360. The van der Waals surface area contributed by atoms with Crippen molar-refractivity contribution in [1.29, 1.82) is 0 Å². The van der Waals surface area contributed by atoms with Crippen LogP contribution in [0.3, 0.4) is 0 Å². The van der Waals surface area contributed by atoms with E-state index in [-0.39, 0.29) is 36.8 Å². The van der Waals surface area contributed by atoms with E-state index in [0.717, 1.165) is 9.88 Å². The minimum Gasteiger partial charge on any atom is -0.346 e. The Bertz CT molecular complexity index is 330. The maximum atomic E-state index is 11.3. The quantitative estimate of drug-likeness (QED) is 0.890. The maximum Gasteiger partial charge on any atom is 0.237 e. The molecule has 0 aromatic carbocycles. The first-order chi connectivity index (χ1) is 6.50. The summed E-state index contributed by atoms with van der Waals surface area (Å²) in [6, 6.07) is -0.536. The van der Waals surface area contributed by atoms with E-state index in [4.69, 9.17) is 5.73 Å². The molecular formula is C9H17Cl2N3OS. The van der Waals surface area contributed by atoms with Gasteiger partial charge in [-0.15, -0.1) is 36.2 Å². The molecule has 1 aromatic heterocycles. The highest BCUT2D eigenvalue weighted by atomic mass is 35.5. The van der Waals surface area contributed by atoms with E-state index in [0.29, 0.717) is 0 Å². The molecule has 1 unspecified atom stereocenters. The molecule has 0 aliphatic heterocycles. The molecule has 0 aliphatic carbocycles. The molecule has 2 atom stereocenters. The van der Waals surface area contributed by atoms with Crippen LogP contribution in [0.1, 0.15) is 29.8 Å². The summed E-state index contributed by atoms with van der Waals surface area (Å²) in [5.41, 5.74) is 5.44. The minimum absolute atomic E-state index is 0. The molecular weight excluding hydrogens is 269 g/mol. The zero-order chi connectivity index (χ0) is 10.7. The maximum absolute atomic E-state index is 11.3. The molecule has 0 saturated heterocycles. The molecule has 0 aliphatic rings. The average molecular weight is 286 g/mol. The van der Waals surface area contributed by atoms with Gasteiger partial charge in [0.1, 0.15) is 5.01 Å². The van der Waals surface area contributed by atoms with Crippen LogP contribution >= 0.6 is 36.2 Å². The molecule has 0 spiro atoms. The molecule has 1 heterocycles. The molecule has 4 nitrogen and oxygen atoms in total. The number of amides is 1. The van der Waals surface area contributed by atoms with Gasteiger partial charge in [0, 0.05) is 11.1 Å². The molecule has 16 heavy (non-hydrogen) atoms. The summed E-state index contributed by atoms with van der Waals surface area (Å²) in [6.07, 6.45) is 1.80. The van der Waals surface area contributed by atoms with Crippen molar-refractivity contribution < 1.29 is 4.79 Å². The van der Waals surface area contributed by atoms with Crippen LogP contribution in [0, 0.1) is 6.92 Å². The molecule has 0 fully saturated rings. The van der Waals surface area contributed by atoms with Gasteiger partial charge in [0.25, 0.3) is 0 Å². The first-order valence-corrected chi connectivity index (χ1v) is 5.30. The number of nitrogens with two attached hydrogens (primary N) is 1. The third-order valence-electron chi connectivity index (χ3n) is 1.78. The van der Waals surface area contributed by atoms with Crippen molar-refractivity contribution in [3.63, 3.8) is 0 Å². The van der Waals surface area contributed by atoms with Gasteiger partial charge in [-0.1, -0.05) is 0 Å². The highest BCUT2D eigenvalue weighted by Crippen LogP contribution is 2.18. The second kappa shape index (κ2) is 7.84. The van der Waals surface area contributed by atoms with Crippen molar-refractivity contribution >= 4 is 42.1 Å². The van der Waals surface area contributed by atoms with Crippen LogP contribution in [0.15, 0.2) is 6.20 Å². The van der Waals surface area contributed by atoms with Crippen molar-refractivity contribution in [2.75, 3.05) is 0 Å². The Kier molecular flexibility index (Phi) is 8.83. The number of aromatic nitrogens is 1. The number of thiazole rings is 1. The van der Waals surface area contributed by atoms with E-state index in [2.05, 4.69) is 10.3 Å². The highest BCUT2D eigenvalue weighted by Gasteiger charge is 2.14. The predicted molar refractivity (Wildman–Crippen MR) is 71.6 cm³/mol. The number of nitrogens with one attached hydrogen (secondary N) is 1. The van der Waals surface area contributed by atoms with Crippen LogP contribution < -0.4 is 11.1 Å². The van der Waals surface area contributed by atoms with Gasteiger partial charge in [0.05, 0.1) is 12.1 Å². The van der Waals surface area contributed by atoms with Gasteiger partial charge in [-0.3, -0.25) is 4.79 Å². The van der Waals surface area contributed by atoms with Crippen molar-refractivity contribution in [2.45, 2.75) is 32.9 Å². The molecule has 3 N–H and O–H groups in total. The Morgan fingerprint density at radius 1 is 1.50 bits per heavy atom. The van der Waals surface area contributed by atoms with Gasteiger partial charge < -0.3 is 11.1 Å². The highest BCUT2D eigenvalue weighted by molar-refractivity contribution is 7.11. The number of hydrogen-bond donors (Lipinski definition) is 2. The fraction of sp³-hybridized carbons (Fsp3) is 0.556. The predicted octanol–water partition coefficient (Wildman–Crippen LogP) is 1.82. The Morgan fingerprint density at radius 2 is 2.06 bits per heavy atom. The minimum atomic E-state index is -0.474. The second-order valence-corrected chi connectivity index (χ2v) is 4.59. The summed E-state index contributed by atoms with van der Waals surface area (Å²) in [5, 5.41) is 3.71. The first-order valence-electron chi connectivity index (χ1n) is 4.49. The summed E-state index contributed by atoms with van der Waals surface area (Å²) >= 11 is 1.58. The average Bonchev–Trinajstić information content (AvgIpc) is 2.51.